The van der Waals surface area contributed by atoms with Gasteiger partial charge < -0.3 is 5.32 Å². The predicted molar refractivity (Wildman–Crippen MR) is 141 cm³/mol. The molecule has 192 valence electrons. The number of hydrogen-bond acceptors (Lipinski definition) is 3. The molecule has 0 aromatic carbocycles. The van der Waals surface area contributed by atoms with Gasteiger partial charge in [-0.25, -0.2) is 0 Å². The lowest BCUT2D eigenvalue weighted by molar-refractivity contribution is -0.130. The van der Waals surface area contributed by atoms with Crippen molar-refractivity contribution in [1.29, 1.82) is 0 Å². The molecule has 4 heteroatoms. The van der Waals surface area contributed by atoms with Gasteiger partial charge in [0, 0.05) is 12.8 Å². The first-order chi connectivity index (χ1) is 15.6. The molecule has 0 unspecified atom stereocenters. The molecule has 2 amide bonds. The topological polar surface area (TPSA) is 58.2 Å². The van der Waals surface area contributed by atoms with Crippen molar-refractivity contribution in [3.05, 3.63) is 0 Å². The van der Waals surface area contributed by atoms with Crippen LogP contribution in [0.4, 0.5) is 0 Å². The van der Waals surface area contributed by atoms with Crippen LogP contribution in [-0.4, -0.2) is 25.4 Å². The Labute approximate surface area is 201 Å². The summed E-state index contributed by atoms with van der Waals surface area (Å²) in [5, 5.41) is 5.57. The zero-order valence-electron chi connectivity index (χ0n) is 22.4. The molecule has 0 bridgehead atoms. The van der Waals surface area contributed by atoms with Crippen LogP contribution in [0.3, 0.4) is 0 Å². The van der Waals surface area contributed by atoms with Gasteiger partial charge in [-0.05, 0) is 32.9 Å². The minimum absolute atomic E-state index is 0.0844. The fraction of sp³-hybridized carbons (Fsp3) is 0.929. The molecule has 0 aliphatic carbocycles. The lowest BCUT2D eigenvalue weighted by Gasteiger charge is -2.05. The average molecular weight is 455 g/mol. The Balaban J connectivity index is 0. The number of amides is 2. The highest BCUT2D eigenvalue weighted by atomic mass is 16.2. The Morgan fingerprint density at radius 1 is 0.469 bits per heavy atom. The van der Waals surface area contributed by atoms with E-state index < -0.39 is 0 Å². The van der Waals surface area contributed by atoms with Crippen molar-refractivity contribution < 1.29 is 9.59 Å². The van der Waals surface area contributed by atoms with Crippen molar-refractivity contribution in [3.8, 4) is 0 Å². The summed E-state index contributed by atoms with van der Waals surface area (Å²) in [4.78, 5) is 23.6. The first-order valence-electron chi connectivity index (χ1n) is 14.1. The van der Waals surface area contributed by atoms with Crippen molar-refractivity contribution in [2.24, 2.45) is 0 Å². The molecule has 0 saturated heterocycles. The quantitative estimate of drug-likeness (QED) is 0.162. The molecule has 0 heterocycles. The van der Waals surface area contributed by atoms with E-state index in [4.69, 9.17) is 0 Å². The molecule has 0 rings (SSSR count). The van der Waals surface area contributed by atoms with E-state index in [0.717, 1.165) is 32.2 Å². The molecule has 4 nitrogen and oxygen atoms in total. The van der Waals surface area contributed by atoms with Crippen LogP contribution in [0, 0.1) is 0 Å². The first-order valence-corrected chi connectivity index (χ1v) is 14.1. The lowest BCUT2D eigenvalue weighted by atomic mass is 10.1. The Morgan fingerprint density at radius 3 is 1.03 bits per heavy atom. The molecule has 0 atom stereocenters. The van der Waals surface area contributed by atoms with Crippen LogP contribution >= 0.6 is 0 Å². The van der Waals surface area contributed by atoms with Crippen LogP contribution in [0.2, 0.25) is 0 Å². The van der Waals surface area contributed by atoms with Crippen LogP contribution in [0.25, 0.3) is 0 Å². The monoisotopic (exact) mass is 454 g/mol. The van der Waals surface area contributed by atoms with E-state index in [-0.39, 0.29) is 11.8 Å². The third-order valence-electron chi connectivity index (χ3n) is 5.79. The third kappa shape index (κ3) is 31.3. The van der Waals surface area contributed by atoms with E-state index in [1.165, 1.54) is 96.3 Å². The molecular weight excluding hydrogens is 396 g/mol. The normalized spacial score (nSPS) is 10.5. The molecule has 32 heavy (non-hydrogen) atoms. The first kappa shape index (κ1) is 33.3. The zero-order valence-corrected chi connectivity index (χ0v) is 22.4. The molecule has 0 aromatic rings. The van der Waals surface area contributed by atoms with Crippen molar-refractivity contribution >= 4 is 11.8 Å². The summed E-state index contributed by atoms with van der Waals surface area (Å²) in [5.74, 6) is -0.169. The molecule has 0 radical (unpaired) electrons. The minimum Gasteiger partial charge on any atom is -0.320 e. The standard InChI is InChI=1S/C24H47NO2.C4H11N/c1-3-5-7-9-11-13-15-17-19-21-23(26)25-24(27)22-20-18-16-14-12-10-8-6-4-2;1-3-4-5-2/h3-22H2,1-2H3,(H,25,26,27);5H,3-4H2,1-2H3. The highest BCUT2D eigenvalue weighted by molar-refractivity contribution is 5.95. The van der Waals surface area contributed by atoms with Crippen molar-refractivity contribution in [2.45, 2.75) is 156 Å². The molecule has 0 aliphatic rings. The summed E-state index contributed by atoms with van der Waals surface area (Å²) in [6.07, 6.45) is 24.6. The van der Waals surface area contributed by atoms with Gasteiger partial charge in [-0.1, -0.05) is 124 Å². The van der Waals surface area contributed by atoms with Crippen LogP contribution in [0.5, 0.6) is 0 Å². The highest BCUT2D eigenvalue weighted by Gasteiger charge is 2.07. The maximum absolute atomic E-state index is 11.8. The largest absolute Gasteiger partial charge is 0.320 e. The predicted octanol–water partition coefficient (Wildman–Crippen LogP) is 8.09. The van der Waals surface area contributed by atoms with Crippen molar-refractivity contribution in [1.82, 2.24) is 10.6 Å². The molecular formula is C28H58N2O2. The van der Waals surface area contributed by atoms with E-state index in [1.54, 1.807) is 0 Å². The van der Waals surface area contributed by atoms with Gasteiger partial charge in [0.05, 0.1) is 0 Å². The molecule has 0 aromatic heterocycles. The molecule has 2 N–H and O–H groups in total. The Kier molecular flexibility index (Phi) is 31.3. The average Bonchev–Trinajstić information content (AvgIpc) is 2.78. The maximum Gasteiger partial charge on any atom is 0.226 e. The van der Waals surface area contributed by atoms with Gasteiger partial charge in [0.25, 0.3) is 0 Å². The lowest BCUT2D eigenvalue weighted by Crippen LogP contribution is -2.29. The van der Waals surface area contributed by atoms with Crippen molar-refractivity contribution in [3.63, 3.8) is 0 Å². The Morgan fingerprint density at radius 2 is 0.781 bits per heavy atom. The maximum atomic E-state index is 11.8. The minimum atomic E-state index is -0.0844. The number of hydrogen-bond donors (Lipinski definition) is 2. The number of carbonyl (C=O) groups excluding carboxylic acids is 2. The summed E-state index contributed by atoms with van der Waals surface area (Å²) < 4.78 is 0. The zero-order chi connectivity index (χ0) is 24.1. The summed E-state index contributed by atoms with van der Waals surface area (Å²) in [6, 6.07) is 0. The van der Waals surface area contributed by atoms with Gasteiger partial charge in [0.15, 0.2) is 0 Å². The Hall–Kier alpha value is -0.900. The highest BCUT2D eigenvalue weighted by Crippen LogP contribution is 2.11. The summed E-state index contributed by atoms with van der Waals surface area (Å²) in [5.41, 5.74) is 0. The van der Waals surface area contributed by atoms with E-state index in [0.29, 0.717) is 12.8 Å². The summed E-state index contributed by atoms with van der Waals surface area (Å²) in [7, 11) is 1.96. The second-order valence-corrected chi connectivity index (χ2v) is 9.23. The van der Waals surface area contributed by atoms with Gasteiger partial charge in [0.1, 0.15) is 0 Å². The Bertz CT molecular complexity index is 352. The number of nitrogens with one attached hydrogen (secondary N) is 2. The second kappa shape index (κ2) is 30.1. The van der Waals surface area contributed by atoms with Crippen LogP contribution in [0.15, 0.2) is 0 Å². The fourth-order valence-corrected chi connectivity index (χ4v) is 3.72. The number of imide groups is 1. The van der Waals surface area contributed by atoms with E-state index in [2.05, 4.69) is 31.4 Å². The number of carbonyl (C=O) groups is 2. The van der Waals surface area contributed by atoms with E-state index in [1.807, 2.05) is 7.05 Å². The van der Waals surface area contributed by atoms with E-state index in [9.17, 15) is 9.59 Å². The molecule has 0 fully saturated rings. The molecule has 0 spiro atoms. The molecule has 0 aliphatic heterocycles. The second-order valence-electron chi connectivity index (χ2n) is 9.23. The van der Waals surface area contributed by atoms with Crippen LogP contribution in [0.1, 0.15) is 156 Å². The van der Waals surface area contributed by atoms with Gasteiger partial charge in [-0.3, -0.25) is 14.9 Å². The number of rotatable bonds is 22. The SMILES string of the molecule is CCCCCCCCCCCC(=O)NC(=O)CCCCCCCCCCC.CCCNC. The number of unbranched alkanes of at least 4 members (excludes halogenated alkanes) is 16. The molecule has 0 saturated carbocycles. The summed E-state index contributed by atoms with van der Waals surface area (Å²) >= 11 is 0. The van der Waals surface area contributed by atoms with Crippen molar-refractivity contribution in [2.75, 3.05) is 13.6 Å². The smallest absolute Gasteiger partial charge is 0.226 e. The van der Waals surface area contributed by atoms with Gasteiger partial charge >= 0.3 is 0 Å². The van der Waals surface area contributed by atoms with Gasteiger partial charge in [0.2, 0.25) is 11.8 Å². The fourth-order valence-electron chi connectivity index (χ4n) is 3.72. The van der Waals surface area contributed by atoms with Gasteiger partial charge in [-0.2, -0.15) is 0 Å². The van der Waals surface area contributed by atoms with Gasteiger partial charge in [-0.15, -0.1) is 0 Å². The van der Waals surface area contributed by atoms with Crippen LogP contribution < -0.4 is 10.6 Å². The van der Waals surface area contributed by atoms with E-state index >= 15 is 0 Å². The summed E-state index contributed by atoms with van der Waals surface area (Å²) in [6.45, 7) is 7.77. The third-order valence-corrected chi connectivity index (χ3v) is 5.79. The van der Waals surface area contributed by atoms with Crippen LogP contribution in [-0.2, 0) is 9.59 Å².